The summed E-state index contributed by atoms with van der Waals surface area (Å²) in [6, 6.07) is 0. The fraction of sp³-hybridized carbons (Fsp3) is 0.333. The van der Waals surface area contributed by atoms with Crippen LogP contribution in [0.5, 0.6) is 0 Å². The molecule has 0 aromatic rings. The Bertz CT molecular complexity index is 377. The van der Waals surface area contributed by atoms with Crippen molar-refractivity contribution in [3.05, 3.63) is 25.3 Å². The van der Waals surface area contributed by atoms with E-state index < -0.39 is 24.1 Å². The predicted octanol–water partition coefficient (Wildman–Crippen LogP) is -0.123. The van der Waals surface area contributed by atoms with Crippen molar-refractivity contribution < 1.29 is 38.1 Å². The third kappa shape index (κ3) is 5.34. The zero-order chi connectivity index (χ0) is 15.4. The van der Waals surface area contributed by atoms with Crippen LogP contribution in [0.1, 0.15) is 6.42 Å². The average Bonchev–Trinajstić information content (AvgIpc) is 2.42. The Hall–Kier alpha value is -2.64. The van der Waals surface area contributed by atoms with Crippen LogP contribution in [0.25, 0.3) is 0 Å². The van der Waals surface area contributed by atoms with Crippen molar-refractivity contribution in [2.75, 3.05) is 13.2 Å². The van der Waals surface area contributed by atoms with Crippen molar-refractivity contribution in [3.63, 3.8) is 0 Å². The molecule has 0 saturated carbocycles. The number of carbonyl (C=O) groups is 4. The highest BCUT2D eigenvalue weighted by atomic mass is 16.7. The molecule has 0 aromatic heterocycles. The third-order valence-corrected chi connectivity index (χ3v) is 1.86. The molecule has 0 aliphatic rings. The van der Waals surface area contributed by atoms with Crippen LogP contribution >= 0.6 is 0 Å². The molecule has 0 spiro atoms. The van der Waals surface area contributed by atoms with Crippen molar-refractivity contribution in [2.24, 2.45) is 0 Å². The molecule has 110 valence electrons. The van der Waals surface area contributed by atoms with E-state index in [1.54, 1.807) is 0 Å². The molecule has 0 bridgehead atoms. The van der Waals surface area contributed by atoms with E-state index in [9.17, 15) is 19.2 Å². The Labute approximate surface area is 114 Å². The van der Waals surface area contributed by atoms with E-state index in [1.165, 1.54) is 12.2 Å². The molecule has 0 aliphatic carbocycles. The van der Waals surface area contributed by atoms with Gasteiger partial charge in [-0.25, -0.2) is 4.79 Å². The predicted molar refractivity (Wildman–Crippen MR) is 64.0 cm³/mol. The number of esters is 2. The van der Waals surface area contributed by atoms with Gasteiger partial charge in [0.05, 0.1) is 0 Å². The first-order valence-corrected chi connectivity index (χ1v) is 5.34. The van der Waals surface area contributed by atoms with Gasteiger partial charge >= 0.3 is 17.7 Å². The molecule has 0 aliphatic heterocycles. The fourth-order valence-electron chi connectivity index (χ4n) is 1.07. The van der Waals surface area contributed by atoms with E-state index in [0.29, 0.717) is 0 Å². The maximum Gasteiger partial charge on any atom is 0.394 e. The monoisotopic (exact) mass is 286 g/mol. The number of hydrogen-bond acceptors (Lipinski definition) is 8. The van der Waals surface area contributed by atoms with Crippen LogP contribution in [0.4, 0.5) is 0 Å². The molecule has 0 radical (unpaired) electrons. The molecule has 8 nitrogen and oxygen atoms in total. The highest BCUT2D eigenvalue weighted by Crippen LogP contribution is 2.20. The average molecular weight is 286 g/mol. The minimum absolute atomic E-state index is 0.126. The normalized spacial score (nSPS) is 9.80. The summed E-state index contributed by atoms with van der Waals surface area (Å²) >= 11 is 0. The van der Waals surface area contributed by atoms with E-state index in [4.69, 9.17) is 0 Å². The maximum absolute atomic E-state index is 11.7. The Morgan fingerprint density at radius 1 is 0.950 bits per heavy atom. The molecule has 0 saturated heterocycles. The van der Waals surface area contributed by atoms with Crippen LogP contribution in [0.2, 0.25) is 0 Å². The highest BCUT2D eigenvalue weighted by molar-refractivity contribution is 5.86. The number of carbonyl (C=O) groups excluding carboxylic acids is 4. The van der Waals surface area contributed by atoms with Crippen molar-refractivity contribution in [1.82, 2.24) is 0 Å². The van der Waals surface area contributed by atoms with Gasteiger partial charge in [0, 0.05) is 0 Å². The van der Waals surface area contributed by atoms with Crippen molar-refractivity contribution >= 4 is 24.9 Å². The summed E-state index contributed by atoms with van der Waals surface area (Å²) in [5.41, 5.74) is 0. The maximum atomic E-state index is 11.7. The van der Waals surface area contributed by atoms with Gasteiger partial charge in [0.2, 0.25) is 0 Å². The van der Waals surface area contributed by atoms with Gasteiger partial charge in [0.15, 0.2) is 0 Å². The Morgan fingerprint density at radius 3 is 1.90 bits per heavy atom. The van der Waals surface area contributed by atoms with Gasteiger partial charge < -0.3 is 18.9 Å². The van der Waals surface area contributed by atoms with Gasteiger partial charge in [-0.05, 0) is 0 Å². The van der Waals surface area contributed by atoms with E-state index in [0.717, 1.165) is 0 Å². The zero-order valence-electron chi connectivity index (χ0n) is 10.6. The second kappa shape index (κ2) is 9.31. The second-order valence-electron chi connectivity index (χ2n) is 3.22. The first kappa shape index (κ1) is 17.4. The van der Waals surface area contributed by atoms with Crippen LogP contribution < -0.4 is 0 Å². The molecule has 0 aromatic carbocycles. The summed E-state index contributed by atoms with van der Waals surface area (Å²) in [5, 5.41) is 0. The fourth-order valence-corrected chi connectivity index (χ4v) is 1.07. The van der Waals surface area contributed by atoms with E-state index in [1.807, 2.05) is 0 Å². The lowest BCUT2D eigenvalue weighted by Crippen LogP contribution is -2.47. The summed E-state index contributed by atoms with van der Waals surface area (Å²) in [6.45, 7) is 5.97. The van der Waals surface area contributed by atoms with E-state index in [-0.39, 0.29) is 26.2 Å². The molecular weight excluding hydrogens is 272 g/mol. The molecule has 0 rings (SSSR count). The van der Waals surface area contributed by atoms with Gasteiger partial charge in [-0.2, -0.15) is 0 Å². The molecule has 20 heavy (non-hydrogen) atoms. The van der Waals surface area contributed by atoms with Crippen molar-refractivity contribution in [1.29, 1.82) is 0 Å². The molecule has 0 N–H and O–H groups in total. The van der Waals surface area contributed by atoms with Crippen LogP contribution in [-0.2, 0) is 38.1 Å². The summed E-state index contributed by atoms with van der Waals surface area (Å²) in [4.78, 5) is 44.1. The Kier molecular flexibility index (Phi) is 8.08. The van der Waals surface area contributed by atoms with Crippen molar-refractivity contribution in [3.8, 4) is 0 Å². The summed E-state index contributed by atoms with van der Waals surface area (Å²) < 4.78 is 18.1. The highest BCUT2D eigenvalue weighted by Gasteiger charge is 2.48. The van der Waals surface area contributed by atoms with Crippen LogP contribution in [0, 0.1) is 0 Å². The molecule has 0 fully saturated rings. The molecule has 0 atom stereocenters. The molecule has 0 unspecified atom stereocenters. The topological polar surface area (TPSA) is 105 Å². The minimum atomic E-state index is -2.52. The lowest BCUT2D eigenvalue weighted by molar-refractivity contribution is -0.230. The molecule has 8 heteroatoms. The van der Waals surface area contributed by atoms with Crippen LogP contribution in [0.3, 0.4) is 0 Å². The zero-order valence-corrected chi connectivity index (χ0v) is 10.6. The van der Waals surface area contributed by atoms with Crippen molar-refractivity contribution in [2.45, 2.75) is 12.2 Å². The number of hydrogen-bond donors (Lipinski definition) is 0. The van der Waals surface area contributed by atoms with E-state index in [2.05, 4.69) is 32.1 Å². The van der Waals surface area contributed by atoms with Gasteiger partial charge in [-0.1, -0.05) is 25.3 Å². The third-order valence-electron chi connectivity index (χ3n) is 1.86. The quantitative estimate of drug-likeness (QED) is 0.170. The summed E-state index contributed by atoms with van der Waals surface area (Å²) in [7, 11) is 0. The first-order chi connectivity index (χ1) is 9.56. The lowest BCUT2D eigenvalue weighted by Gasteiger charge is -2.25. The smallest absolute Gasteiger partial charge is 0.394 e. The summed E-state index contributed by atoms with van der Waals surface area (Å²) in [6.07, 6.45) is 1.67. The van der Waals surface area contributed by atoms with Gasteiger partial charge in [-0.15, -0.1) is 0 Å². The second-order valence-corrected chi connectivity index (χ2v) is 3.22. The van der Waals surface area contributed by atoms with Gasteiger partial charge in [-0.3, -0.25) is 14.4 Å². The number of ether oxygens (including phenoxy) is 4. The SMILES string of the molecule is C=CCOC(=O)CC(OC=O)(OC=O)C(=O)OCC=C. The number of rotatable bonds is 11. The minimum Gasteiger partial charge on any atom is -0.461 e. The van der Waals surface area contributed by atoms with E-state index >= 15 is 0 Å². The van der Waals surface area contributed by atoms with Gasteiger partial charge in [0.25, 0.3) is 12.9 Å². The standard InChI is InChI=1S/C12H14O8/c1-3-5-17-10(15)7-12(19-8-13,20-9-14)11(16)18-6-4-2/h3-4,8-9H,1-2,5-7H2. The largest absolute Gasteiger partial charge is 0.461 e. The van der Waals surface area contributed by atoms with Crippen LogP contribution in [-0.4, -0.2) is 43.9 Å². The molecule has 0 amide bonds. The lowest BCUT2D eigenvalue weighted by atomic mass is 10.2. The molecule has 0 heterocycles. The summed E-state index contributed by atoms with van der Waals surface area (Å²) in [5.74, 6) is -4.72. The first-order valence-electron chi connectivity index (χ1n) is 5.34. The van der Waals surface area contributed by atoms with Gasteiger partial charge in [0.1, 0.15) is 19.6 Å². The molecular formula is C12H14O8. The Balaban J connectivity index is 5.07. The Morgan fingerprint density at radius 2 is 1.45 bits per heavy atom. The van der Waals surface area contributed by atoms with Crippen LogP contribution in [0.15, 0.2) is 25.3 Å².